The average Bonchev–Trinajstić information content (AvgIpc) is 2.95. The van der Waals surface area contributed by atoms with Crippen LogP contribution in [0.1, 0.15) is 12.0 Å². The second kappa shape index (κ2) is 7.75. The van der Waals surface area contributed by atoms with Gasteiger partial charge in [-0.3, -0.25) is 9.55 Å². The number of benzene rings is 1. The van der Waals surface area contributed by atoms with Crippen molar-refractivity contribution in [2.45, 2.75) is 13.0 Å². The smallest absolute Gasteiger partial charge is 0.328 e. The van der Waals surface area contributed by atoms with Gasteiger partial charge in [-0.05, 0) is 24.1 Å². The maximum absolute atomic E-state index is 12.1. The van der Waals surface area contributed by atoms with Gasteiger partial charge >= 0.3 is 11.7 Å². The van der Waals surface area contributed by atoms with Crippen molar-refractivity contribution in [2.75, 3.05) is 13.7 Å². The molecule has 2 N–H and O–H groups in total. The van der Waals surface area contributed by atoms with E-state index in [9.17, 15) is 9.59 Å². The number of aromatic amines is 1. The van der Waals surface area contributed by atoms with Gasteiger partial charge in [-0.15, -0.1) is 0 Å². The zero-order valence-electron chi connectivity index (χ0n) is 14.2. The SMILES string of the molecule is COCCCn1c(=O)[nH]c2ncc(-c3cccc(/C=C/C(=O)O)c3)nc21. The Labute approximate surface area is 148 Å². The summed E-state index contributed by atoms with van der Waals surface area (Å²) in [4.78, 5) is 34.3. The number of carboxylic acid groups (broad SMARTS) is 1. The summed E-state index contributed by atoms with van der Waals surface area (Å²) >= 11 is 0. The Morgan fingerprint density at radius 1 is 1.42 bits per heavy atom. The maximum Gasteiger partial charge on any atom is 0.328 e. The van der Waals surface area contributed by atoms with E-state index in [1.165, 1.54) is 6.08 Å². The van der Waals surface area contributed by atoms with E-state index < -0.39 is 5.97 Å². The van der Waals surface area contributed by atoms with Crippen molar-refractivity contribution in [1.29, 1.82) is 0 Å². The molecule has 0 spiro atoms. The number of aryl methyl sites for hydroxylation is 1. The fourth-order valence-corrected chi connectivity index (χ4v) is 2.60. The van der Waals surface area contributed by atoms with Crippen LogP contribution < -0.4 is 5.69 Å². The first-order chi connectivity index (χ1) is 12.6. The van der Waals surface area contributed by atoms with Gasteiger partial charge in [0, 0.05) is 31.9 Å². The summed E-state index contributed by atoms with van der Waals surface area (Å²) in [6, 6.07) is 7.28. The predicted molar refractivity (Wildman–Crippen MR) is 96.7 cm³/mol. The number of H-pyrrole nitrogens is 1. The Balaban J connectivity index is 1.98. The molecular weight excluding hydrogens is 336 g/mol. The van der Waals surface area contributed by atoms with Gasteiger partial charge in [-0.1, -0.05) is 18.2 Å². The molecule has 0 saturated carbocycles. The van der Waals surface area contributed by atoms with Crippen molar-refractivity contribution in [1.82, 2.24) is 19.5 Å². The Bertz CT molecular complexity index is 1020. The van der Waals surface area contributed by atoms with Crippen LogP contribution in [0.25, 0.3) is 28.6 Å². The second-order valence-electron chi connectivity index (χ2n) is 5.65. The van der Waals surface area contributed by atoms with E-state index in [1.807, 2.05) is 18.2 Å². The van der Waals surface area contributed by atoms with Gasteiger partial charge in [0.1, 0.15) is 0 Å². The van der Waals surface area contributed by atoms with E-state index in [0.29, 0.717) is 36.6 Å². The molecule has 0 radical (unpaired) electrons. The highest BCUT2D eigenvalue weighted by Gasteiger charge is 2.11. The van der Waals surface area contributed by atoms with Gasteiger partial charge in [0.15, 0.2) is 11.3 Å². The molecule has 2 heterocycles. The third kappa shape index (κ3) is 3.86. The van der Waals surface area contributed by atoms with E-state index >= 15 is 0 Å². The van der Waals surface area contributed by atoms with Crippen LogP contribution in [-0.2, 0) is 16.1 Å². The molecule has 1 aromatic carbocycles. The van der Waals surface area contributed by atoms with Crippen molar-refractivity contribution >= 4 is 23.3 Å². The number of hydrogen-bond donors (Lipinski definition) is 2. The largest absolute Gasteiger partial charge is 0.478 e. The average molecular weight is 354 g/mol. The van der Waals surface area contributed by atoms with Gasteiger partial charge in [-0.2, -0.15) is 0 Å². The minimum atomic E-state index is -1.01. The van der Waals surface area contributed by atoms with Gasteiger partial charge in [-0.25, -0.2) is 19.6 Å². The number of aromatic nitrogens is 4. The summed E-state index contributed by atoms with van der Waals surface area (Å²) in [5.41, 5.74) is 2.77. The first-order valence-corrected chi connectivity index (χ1v) is 8.04. The Kier molecular flexibility index (Phi) is 5.23. The predicted octanol–water partition coefficient (Wildman–Crippen LogP) is 1.92. The number of nitrogens with zero attached hydrogens (tertiary/aromatic N) is 3. The summed E-state index contributed by atoms with van der Waals surface area (Å²) in [6.07, 6.45) is 4.85. The number of methoxy groups -OCH3 is 1. The van der Waals surface area contributed by atoms with Crippen LogP contribution in [0.2, 0.25) is 0 Å². The summed E-state index contributed by atoms with van der Waals surface area (Å²) in [6.45, 7) is 1.02. The van der Waals surface area contributed by atoms with E-state index in [-0.39, 0.29) is 5.69 Å². The first kappa shape index (κ1) is 17.6. The van der Waals surface area contributed by atoms with Crippen LogP contribution in [-0.4, -0.2) is 44.3 Å². The highest BCUT2D eigenvalue weighted by Crippen LogP contribution is 2.20. The molecule has 8 nitrogen and oxygen atoms in total. The fraction of sp³-hybridized carbons (Fsp3) is 0.222. The molecule has 3 aromatic rings. The third-order valence-corrected chi connectivity index (χ3v) is 3.81. The topological polar surface area (TPSA) is 110 Å². The van der Waals surface area contributed by atoms with Gasteiger partial charge in [0.25, 0.3) is 0 Å². The first-order valence-electron chi connectivity index (χ1n) is 8.04. The summed E-state index contributed by atoms with van der Waals surface area (Å²) in [5.74, 6) is -1.01. The van der Waals surface area contributed by atoms with E-state index in [1.54, 1.807) is 23.9 Å². The van der Waals surface area contributed by atoms with E-state index in [0.717, 1.165) is 17.2 Å². The minimum Gasteiger partial charge on any atom is -0.478 e. The van der Waals surface area contributed by atoms with Crippen molar-refractivity contribution in [3.63, 3.8) is 0 Å². The lowest BCUT2D eigenvalue weighted by molar-refractivity contribution is -0.131. The van der Waals surface area contributed by atoms with Crippen LogP contribution >= 0.6 is 0 Å². The van der Waals surface area contributed by atoms with Crippen molar-refractivity contribution in [2.24, 2.45) is 0 Å². The Morgan fingerprint density at radius 2 is 2.27 bits per heavy atom. The van der Waals surface area contributed by atoms with Crippen LogP contribution in [0.5, 0.6) is 0 Å². The molecule has 0 bridgehead atoms. The molecule has 0 atom stereocenters. The zero-order chi connectivity index (χ0) is 18.5. The maximum atomic E-state index is 12.1. The van der Waals surface area contributed by atoms with Gasteiger partial charge in [0.05, 0.1) is 11.9 Å². The van der Waals surface area contributed by atoms with E-state index in [4.69, 9.17) is 9.84 Å². The molecule has 0 aliphatic heterocycles. The van der Waals surface area contributed by atoms with Crippen LogP contribution in [0.3, 0.4) is 0 Å². The van der Waals surface area contributed by atoms with Crippen LogP contribution in [0, 0.1) is 0 Å². The van der Waals surface area contributed by atoms with Crippen molar-refractivity contribution < 1.29 is 14.6 Å². The van der Waals surface area contributed by atoms with Gasteiger partial charge in [0.2, 0.25) is 0 Å². The molecule has 0 saturated heterocycles. The summed E-state index contributed by atoms with van der Waals surface area (Å²) in [5, 5.41) is 8.75. The second-order valence-corrected chi connectivity index (χ2v) is 5.65. The number of aliphatic carboxylic acids is 1. The molecule has 134 valence electrons. The molecule has 8 heteroatoms. The molecule has 0 fully saturated rings. The monoisotopic (exact) mass is 354 g/mol. The quantitative estimate of drug-likeness (QED) is 0.495. The lowest BCUT2D eigenvalue weighted by atomic mass is 10.1. The number of imidazole rings is 1. The summed E-state index contributed by atoms with van der Waals surface area (Å²) < 4.78 is 6.57. The highest BCUT2D eigenvalue weighted by atomic mass is 16.5. The molecule has 0 aliphatic rings. The molecule has 0 unspecified atom stereocenters. The summed E-state index contributed by atoms with van der Waals surface area (Å²) in [7, 11) is 1.61. The van der Waals surface area contributed by atoms with Crippen molar-refractivity contribution in [3.8, 4) is 11.3 Å². The van der Waals surface area contributed by atoms with E-state index in [2.05, 4.69) is 15.0 Å². The van der Waals surface area contributed by atoms with Gasteiger partial charge < -0.3 is 9.84 Å². The fourth-order valence-electron chi connectivity index (χ4n) is 2.60. The lowest BCUT2D eigenvalue weighted by Crippen LogP contribution is -2.18. The Morgan fingerprint density at radius 3 is 3.04 bits per heavy atom. The minimum absolute atomic E-state index is 0.258. The van der Waals surface area contributed by atoms with Crippen LogP contribution in [0.4, 0.5) is 0 Å². The number of hydrogen-bond acceptors (Lipinski definition) is 5. The number of nitrogens with one attached hydrogen (secondary N) is 1. The number of carboxylic acids is 1. The lowest BCUT2D eigenvalue weighted by Gasteiger charge is -2.05. The standard InChI is InChI=1S/C18H18N4O4/c1-26-9-3-8-22-17-16(21-18(22)25)19-11-14(20-17)13-5-2-4-12(10-13)6-7-15(23)24/h2,4-7,10-11H,3,8-9H2,1H3,(H,23,24)(H,19,21,25)/b7-6+. The Hall–Kier alpha value is -3.26. The molecule has 3 rings (SSSR count). The molecule has 26 heavy (non-hydrogen) atoms. The number of ether oxygens (including phenoxy) is 1. The normalized spacial score (nSPS) is 11.4. The molecule has 2 aromatic heterocycles. The third-order valence-electron chi connectivity index (χ3n) is 3.81. The molecule has 0 aliphatic carbocycles. The highest BCUT2D eigenvalue weighted by molar-refractivity contribution is 5.85. The van der Waals surface area contributed by atoms with Crippen LogP contribution in [0.15, 0.2) is 41.3 Å². The number of fused-ring (bicyclic) bond motifs is 1. The molecular formula is C18H18N4O4. The number of carbonyl (C=O) groups is 1. The number of rotatable bonds is 7. The molecule has 0 amide bonds. The zero-order valence-corrected chi connectivity index (χ0v) is 14.2. The van der Waals surface area contributed by atoms with Crippen molar-refractivity contribution in [3.05, 3.63) is 52.6 Å².